The van der Waals surface area contributed by atoms with Gasteiger partial charge in [0, 0.05) is 43.9 Å². The maximum atomic E-state index is 12.2. The van der Waals surface area contributed by atoms with Crippen LogP contribution in [0.25, 0.3) is 11.3 Å². The third-order valence-electron chi connectivity index (χ3n) is 3.60. The van der Waals surface area contributed by atoms with Crippen LogP contribution in [0.1, 0.15) is 15.9 Å². The van der Waals surface area contributed by atoms with Gasteiger partial charge in [0.1, 0.15) is 5.56 Å². The average Bonchev–Trinajstić information content (AvgIpc) is 2.63. The Kier molecular flexibility index (Phi) is 4.47. The highest BCUT2D eigenvalue weighted by atomic mass is 16.2. The van der Waals surface area contributed by atoms with E-state index in [1.807, 2.05) is 24.3 Å². The molecule has 24 heavy (non-hydrogen) atoms. The molecule has 120 valence electrons. The van der Waals surface area contributed by atoms with E-state index in [1.165, 1.54) is 10.6 Å². The van der Waals surface area contributed by atoms with Crippen molar-refractivity contribution in [2.24, 2.45) is 7.05 Å². The van der Waals surface area contributed by atoms with Crippen molar-refractivity contribution in [2.45, 2.75) is 6.54 Å². The summed E-state index contributed by atoms with van der Waals surface area (Å²) in [6, 6.07) is 10.7. The number of nitrogens with zero attached hydrogens (tertiary/aromatic N) is 3. The highest BCUT2D eigenvalue weighted by Crippen LogP contribution is 2.16. The lowest BCUT2D eigenvalue weighted by atomic mass is 10.1. The van der Waals surface area contributed by atoms with Crippen LogP contribution in [-0.2, 0) is 13.6 Å². The summed E-state index contributed by atoms with van der Waals surface area (Å²) in [6.07, 6.45) is 6.74. The third kappa shape index (κ3) is 3.38. The standard InChI is InChI=1S/C18H16N4O2/c1-22-9-3-5-15(18(22)24)17(23)21-11-13-6-8-20-16(10-13)14-4-2-7-19-12-14/h2-10,12H,11H2,1H3,(H,21,23). The van der Waals surface area contributed by atoms with Gasteiger partial charge in [0.05, 0.1) is 5.69 Å². The minimum Gasteiger partial charge on any atom is -0.348 e. The molecule has 0 aliphatic carbocycles. The van der Waals surface area contributed by atoms with Crippen molar-refractivity contribution >= 4 is 5.91 Å². The zero-order chi connectivity index (χ0) is 16.9. The van der Waals surface area contributed by atoms with Crippen LogP contribution in [0, 0.1) is 0 Å². The van der Waals surface area contributed by atoms with Crippen LogP contribution in [-0.4, -0.2) is 20.4 Å². The van der Waals surface area contributed by atoms with Gasteiger partial charge in [-0.1, -0.05) is 0 Å². The van der Waals surface area contributed by atoms with Gasteiger partial charge in [-0.3, -0.25) is 19.6 Å². The summed E-state index contributed by atoms with van der Waals surface area (Å²) in [7, 11) is 1.61. The molecule has 0 unspecified atom stereocenters. The molecule has 0 aliphatic rings. The summed E-state index contributed by atoms with van der Waals surface area (Å²) < 4.78 is 1.38. The Balaban J connectivity index is 1.74. The van der Waals surface area contributed by atoms with Gasteiger partial charge < -0.3 is 9.88 Å². The predicted octanol–water partition coefficient (Wildman–Crippen LogP) is 1.77. The van der Waals surface area contributed by atoms with Crippen LogP contribution in [0.2, 0.25) is 0 Å². The lowest BCUT2D eigenvalue weighted by Crippen LogP contribution is -2.31. The summed E-state index contributed by atoms with van der Waals surface area (Å²) in [5.74, 6) is -0.393. The van der Waals surface area contributed by atoms with Crippen molar-refractivity contribution in [2.75, 3.05) is 0 Å². The first-order chi connectivity index (χ1) is 11.6. The lowest BCUT2D eigenvalue weighted by Gasteiger charge is -2.07. The highest BCUT2D eigenvalue weighted by molar-refractivity contribution is 5.93. The SMILES string of the molecule is Cn1cccc(C(=O)NCc2ccnc(-c3cccnc3)c2)c1=O. The fraction of sp³-hybridized carbons (Fsp3) is 0.111. The molecular formula is C18H16N4O2. The Morgan fingerprint density at radius 1 is 1.21 bits per heavy atom. The quantitative estimate of drug-likeness (QED) is 0.795. The predicted molar refractivity (Wildman–Crippen MR) is 90.3 cm³/mol. The van der Waals surface area contributed by atoms with Crippen molar-refractivity contribution in [3.63, 3.8) is 0 Å². The summed E-state index contributed by atoms with van der Waals surface area (Å²) >= 11 is 0. The Morgan fingerprint density at radius 3 is 2.88 bits per heavy atom. The fourth-order valence-electron chi connectivity index (χ4n) is 2.30. The van der Waals surface area contributed by atoms with Crippen LogP contribution in [0.3, 0.4) is 0 Å². The molecule has 0 fully saturated rings. The van der Waals surface area contributed by atoms with Crippen LogP contribution in [0.5, 0.6) is 0 Å². The first kappa shape index (κ1) is 15.6. The number of carbonyl (C=O) groups is 1. The van der Waals surface area contributed by atoms with Crippen molar-refractivity contribution in [3.05, 3.63) is 82.7 Å². The molecule has 0 radical (unpaired) electrons. The second kappa shape index (κ2) is 6.87. The number of aromatic nitrogens is 3. The molecule has 3 aromatic heterocycles. The number of hydrogen-bond acceptors (Lipinski definition) is 4. The smallest absolute Gasteiger partial charge is 0.263 e. The van der Waals surface area contributed by atoms with Crippen molar-refractivity contribution in [3.8, 4) is 11.3 Å². The van der Waals surface area contributed by atoms with E-state index in [4.69, 9.17) is 0 Å². The molecule has 0 spiro atoms. The molecule has 3 heterocycles. The molecule has 0 bridgehead atoms. The van der Waals surface area contributed by atoms with E-state index in [0.717, 1.165) is 16.8 Å². The first-order valence-electron chi connectivity index (χ1n) is 7.44. The zero-order valence-corrected chi connectivity index (χ0v) is 13.1. The Labute approximate surface area is 138 Å². The van der Waals surface area contributed by atoms with Crippen LogP contribution >= 0.6 is 0 Å². The Hall–Kier alpha value is -3.28. The molecule has 0 aromatic carbocycles. The molecule has 1 N–H and O–H groups in total. The molecule has 3 rings (SSSR count). The number of hydrogen-bond donors (Lipinski definition) is 1. The van der Waals surface area contributed by atoms with Crippen molar-refractivity contribution in [1.82, 2.24) is 19.9 Å². The van der Waals surface area contributed by atoms with Gasteiger partial charge in [-0.25, -0.2) is 0 Å². The second-order valence-corrected chi connectivity index (χ2v) is 5.31. The number of aryl methyl sites for hydroxylation is 1. The van der Waals surface area contributed by atoms with Crippen LogP contribution in [0.15, 0.2) is 66.0 Å². The van der Waals surface area contributed by atoms with E-state index >= 15 is 0 Å². The highest BCUT2D eigenvalue weighted by Gasteiger charge is 2.10. The van der Waals surface area contributed by atoms with Gasteiger partial charge >= 0.3 is 0 Å². The number of rotatable bonds is 4. The number of pyridine rings is 3. The summed E-state index contributed by atoms with van der Waals surface area (Å²) in [5.41, 5.74) is 2.39. The van der Waals surface area contributed by atoms with E-state index in [0.29, 0.717) is 6.54 Å². The van der Waals surface area contributed by atoms with E-state index < -0.39 is 5.91 Å². The minimum atomic E-state index is -0.393. The molecule has 0 aliphatic heterocycles. The molecule has 6 heteroatoms. The van der Waals surface area contributed by atoms with Crippen LogP contribution in [0.4, 0.5) is 0 Å². The van der Waals surface area contributed by atoms with E-state index in [2.05, 4.69) is 15.3 Å². The second-order valence-electron chi connectivity index (χ2n) is 5.31. The number of amides is 1. The Morgan fingerprint density at radius 2 is 2.08 bits per heavy atom. The van der Waals surface area contributed by atoms with Crippen molar-refractivity contribution in [1.29, 1.82) is 0 Å². The van der Waals surface area contributed by atoms with Crippen molar-refractivity contribution < 1.29 is 4.79 Å². The first-order valence-corrected chi connectivity index (χ1v) is 7.44. The molecule has 6 nitrogen and oxygen atoms in total. The van der Waals surface area contributed by atoms with Gasteiger partial charge in [-0.2, -0.15) is 0 Å². The topological polar surface area (TPSA) is 76.9 Å². The van der Waals surface area contributed by atoms with Gasteiger partial charge in [-0.05, 0) is 42.0 Å². The summed E-state index contributed by atoms with van der Waals surface area (Å²) in [6.45, 7) is 0.312. The zero-order valence-electron chi connectivity index (χ0n) is 13.1. The average molecular weight is 320 g/mol. The molecule has 1 amide bonds. The van der Waals surface area contributed by atoms with Gasteiger partial charge in [0.2, 0.25) is 0 Å². The molecule has 0 saturated carbocycles. The van der Waals surface area contributed by atoms with E-state index in [9.17, 15) is 9.59 Å². The van der Waals surface area contributed by atoms with Gasteiger partial charge in [-0.15, -0.1) is 0 Å². The Bertz CT molecular complexity index is 920. The minimum absolute atomic E-state index is 0.126. The van der Waals surface area contributed by atoms with E-state index in [1.54, 1.807) is 37.9 Å². The summed E-state index contributed by atoms with van der Waals surface area (Å²) in [4.78, 5) is 32.5. The largest absolute Gasteiger partial charge is 0.348 e. The molecule has 3 aromatic rings. The number of nitrogens with one attached hydrogen (secondary N) is 1. The summed E-state index contributed by atoms with van der Waals surface area (Å²) in [5, 5.41) is 2.77. The maximum absolute atomic E-state index is 12.2. The molecule has 0 atom stereocenters. The van der Waals surface area contributed by atoms with Gasteiger partial charge in [0.25, 0.3) is 11.5 Å². The molecular weight excluding hydrogens is 304 g/mol. The number of carbonyl (C=O) groups excluding carboxylic acids is 1. The monoisotopic (exact) mass is 320 g/mol. The normalized spacial score (nSPS) is 10.4. The lowest BCUT2D eigenvalue weighted by molar-refractivity contribution is 0.0949. The fourth-order valence-corrected chi connectivity index (χ4v) is 2.30. The van der Waals surface area contributed by atoms with Gasteiger partial charge in [0.15, 0.2) is 0 Å². The maximum Gasteiger partial charge on any atom is 0.263 e. The third-order valence-corrected chi connectivity index (χ3v) is 3.60. The van der Waals surface area contributed by atoms with E-state index in [-0.39, 0.29) is 11.1 Å². The molecule has 0 saturated heterocycles. The van der Waals surface area contributed by atoms with Crippen LogP contribution < -0.4 is 10.9 Å².